The van der Waals surface area contributed by atoms with E-state index < -0.39 is 5.82 Å². The maximum absolute atomic E-state index is 13.5. The summed E-state index contributed by atoms with van der Waals surface area (Å²) in [6.45, 7) is 1.83. The fraction of sp³-hybridized carbons (Fsp3) is 0.133. The standard InChI is InChI=1S/C15H10BrClFN3O/c1-8(16)14-20-12-4-2-3-11(17)13(12)15(22)21(14)10-5-9(18)6-19-7-10/h2-8H,1H3. The predicted molar refractivity (Wildman–Crippen MR) is 87.4 cm³/mol. The van der Waals surface area contributed by atoms with E-state index in [1.165, 1.54) is 16.8 Å². The van der Waals surface area contributed by atoms with Crippen LogP contribution in [0.25, 0.3) is 16.6 Å². The molecule has 1 unspecified atom stereocenters. The van der Waals surface area contributed by atoms with Gasteiger partial charge >= 0.3 is 0 Å². The highest BCUT2D eigenvalue weighted by atomic mass is 79.9. The van der Waals surface area contributed by atoms with E-state index in [-0.39, 0.29) is 10.4 Å². The maximum atomic E-state index is 13.5. The van der Waals surface area contributed by atoms with Crippen LogP contribution in [0.3, 0.4) is 0 Å². The Morgan fingerprint density at radius 2 is 2.14 bits per heavy atom. The van der Waals surface area contributed by atoms with Crippen molar-refractivity contribution in [3.8, 4) is 5.69 Å². The lowest BCUT2D eigenvalue weighted by molar-refractivity contribution is 0.618. The van der Waals surface area contributed by atoms with Gasteiger partial charge in [0.05, 0.1) is 38.8 Å². The van der Waals surface area contributed by atoms with Crippen molar-refractivity contribution in [2.24, 2.45) is 0 Å². The quantitative estimate of drug-likeness (QED) is 0.629. The minimum absolute atomic E-state index is 0.216. The van der Waals surface area contributed by atoms with Gasteiger partial charge in [-0.1, -0.05) is 33.6 Å². The Hall–Kier alpha value is -1.79. The van der Waals surface area contributed by atoms with Crippen LogP contribution in [0.1, 0.15) is 17.6 Å². The fourth-order valence-corrected chi connectivity index (χ4v) is 2.80. The summed E-state index contributed by atoms with van der Waals surface area (Å²) < 4.78 is 14.8. The van der Waals surface area contributed by atoms with Gasteiger partial charge in [0.25, 0.3) is 5.56 Å². The first kappa shape index (κ1) is 15.1. The molecule has 2 heterocycles. The van der Waals surface area contributed by atoms with Gasteiger partial charge in [-0.2, -0.15) is 0 Å². The Morgan fingerprint density at radius 1 is 1.36 bits per heavy atom. The van der Waals surface area contributed by atoms with Crippen molar-refractivity contribution in [1.29, 1.82) is 0 Å². The lowest BCUT2D eigenvalue weighted by atomic mass is 10.2. The zero-order valence-electron chi connectivity index (χ0n) is 11.4. The molecule has 0 amide bonds. The van der Waals surface area contributed by atoms with E-state index in [9.17, 15) is 9.18 Å². The van der Waals surface area contributed by atoms with E-state index in [0.717, 1.165) is 6.20 Å². The van der Waals surface area contributed by atoms with Crippen molar-refractivity contribution in [3.05, 3.63) is 63.7 Å². The number of hydrogen-bond donors (Lipinski definition) is 0. The molecule has 112 valence electrons. The number of nitrogens with zero attached hydrogens (tertiary/aromatic N) is 3. The topological polar surface area (TPSA) is 47.8 Å². The number of hydrogen-bond acceptors (Lipinski definition) is 3. The molecule has 0 saturated carbocycles. The zero-order valence-corrected chi connectivity index (χ0v) is 13.8. The van der Waals surface area contributed by atoms with Crippen LogP contribution in [0.15, 0.2) is 41.5 Å². The molecule has 2 aromatic heterocycles. The third-order valence-electron chi connectivity index (χ3n) is 3.18. The number of alkyl halides is 1. The molecule has 0 bridgehead atoms. The van der Waals surface area contributed by atoms with Gasteiger partial charge in [-0.05, 0) is 19.1 Å². The van der Waals surface area contributed by atoms with Gasteiger partial charge in [-0.3, -0.25) is 14.3 Å². The molecular formula is C15H10BrClFN3O. The molecule has 1 atom stereocenters. The van der Waals surface area contributed by atoms with Crippen molar-refractivity contribution >= 4 is 38.4 Å². The summed E-state index contributed by atoms with van der Waals surface area (Å²) in [6, 6.07) is 6.31. The molecule has 3 rings (SSSR count). The maximum Gasteiger partial charge on any atom is 0.267 e. The van der Waals surface area contributed by atoms with E-state index in [2.05, 4.69) is 25.9 Å². The first-order valence-electron chi connectivity index (χ1n) is 6.45. The molecule has 3 aromatic rings. The number of rotatable bonds is 2. The van der Waals surface area contributed by atoms with Gasteiger partial charge in [-0.25, -0.2) is 9.37 Å². The summed E-state index contributed by atoms with van der Waals surface area (Å²) in [5.41, 5.74) is 0.448. The van der Waals surface area contributed by atoms with Gasteiger partial charge in [-0.15, -0.1) is 0 Å². The minimum Gasteiger partial charge on any atom is -0.268 e. The lowest BCUT2D eigenvalue weighted by Gasteiger charge is -2.15. The van der Waals surface area contributed by atoms with Crippen LogP contribution in [0.2, 0.25) is 5.02 Å². The highest BCUT2D eigenvalue weighted by Gasteiger charge is 2.18. The van der Waals surface area contributed by atoms with Crippen LogP contribution in [0, 0.1) is 5.82 Å². The Labute approximate surface area is 138 Å². The summed E-state index contributed by atoms with van der Waals surface area (Å²) in [5, 5.41) is 0.604. The summed E-state index contributed by atoms with van der Waals surface area (Å²) in [5.74, 6) is -0.0796. The van der Waals surface area contributed by atoms with Crippen molar-refractivity contribution < 1.29 is 4.39 Å². The van der Waals surface area contributed by atoms with E-state index in [1.807, 2.05) is 6.92 Å². The third-order valence-corrected chi connectivity index (χ3v) is 3.90. The van der Waals surface area contributed by atoms with Crippen LogP contribution >= 0.6 is 27.5 Å². The number of halogens is 3. The first-order chi connectivity index (χ1) is 10.5. The van der Waals surface area contributed by atoms with Crippen LogP contribution < -0.4 is 5.56 Å². The summed E-state index contributed by atoms with van der Waals surface area (Å²) >= 11 is 9.55. The van der Waals surface area contributed by atoms with E-state index in [0.29, 0.717) is 27.4 Å². The van der Waals surface area contributed by atoms with Gasteiger partial charge in [0, 0.05) is 6.07 Å². The van der Waals surface area contributed by atoms with E-state index in [1.54, 1.807) is 18.2 Å². The fourth-order valence-electron chi connectivity index (χ4n) is 2.25. The number of benzene rings is 1. The number of fused-ring (bicyclic) bond motifs is 1. The Bertz CT molecular complexity index is 926. The molecule has 0 aliphatic heterocycles. The second-order valence-electron chi connectivity index (χ2n) is 4.72. The van der Waals surface area contributed by atoms with Crippen LogP contribution in [0.4, 0.5) is 4.39 Å². The van der Waals surface area contributed by atoms with Gasteiger partial charge in [0.15, 0.2) is 0 Å². The average Bonchev–Trinajstić information content (AvgIpc) is 2.46. The smallest absolute Gasteiger partial charge is 0.267 e. The van der Waals surface area contributed by atoms with Crippen LogP contribution in [-0.4, -0.2) is 14.5 Å². The molecule has 0 radical (unpaired) electrons. The molecular weight excluding hydrogens is 373 g/mol. The van der Waals surface area contributed by atoms with Gasteiger partial charge in [0.2, 0.25) is 0 Å². The second-order valence-corrected chi connectivity index (χ2v) is 6.50. The Kier molecular flexibility index (Phi) is 3.97. The highest BCUT2D eigenvalue weighted by molar-refractivity contribution is 9.09. The SMILES string of the molecule is CC(Br)c1nc2cccc(Cl)c2c(=O)n1-c1cncc(F)c1. The van der Waals surface area contributed by atoms with Crippen molar-refractivity contribution in [3.63, 3.8) is 0 Å². The monoisotopic (exact) mass is 381 g/mol. The van der Waals surface area contributed by atoms with E-state index in [4.69, 9.17) is 11.6 Å². The second kappa shape index (κ2) is 5.78. The molecule has 0 saturated heterocycles. The Morgan fingerprint density at radius 3 is 2.82 bits per heavy atom. The molecule has 22 heavy (non-hydrogen) atoms. The summed E-state index contributed by atoms with van der Waals surface area (Å²) in [7, 11) is 0. The summed E-state index contributed by atoms with van der Waals surface area (Å²) in [4.78, 5) is 20.9. The lowest BCUT2D eigenvalue weighted by Crippen LogP contribution is -2.24. The average molecular weight is 383 g/mol. The number of aromatic nitrogens is 3. The molecule has 0 fully saturated rings. The summed E-state index contributed by atoms with van der Waals surface area (Å²) in [6.07, 6.45) is 2.49. The highest BCUT2D eigenvalue weighted by Crippen LogP contribution is 2.25. The largest absolute Gasteiger partial charge is 0.268 e. The molecule has 0 N–H and O–H groups in total. The number of pyridine rings is 1. The van der Waals surface area contributed by atoms with Gasteiger partial charge in [0.1, 0.15) is 11.6 Å². The van der Waals surface area contributed by atoms with Crippen molar-refractivity contribution in [2.75, 3.05) is 0 Å². The molecule has 0 aliphatic rings. The normalized spacial score (nSPS) is 12.5. The molecule has 1 aromatic carbocycles. The van der Waals surface area contributed by atoms with Crippen LogP contribution in [0.5, 0.6) is 0 Å². The predicted octanol–water partition coefficient (Wildman–Crippen LogP) is 4.03. The molecule has 7 heteroatoms. The third kappa shape index (κ3) is 2.53. The minimum atomic E-state index is -0.531. The van der Waals surface area contributed by atoms with Gasteiger partial charge < -0.3 is 0 Å². The molecule has 4 nitrogen and oxygen atoms in total. The Balaban J connectivity index is 2.46. The zero-order chi connectivity index (χ0) is 15.9. The van der Waals surface area contributed by atoms with E-state index >= 15 is 0 Å². The van der Waals surface area contributed by atoms with Crippen LogP contribution in [-0.2, 0) is 0 Å². The molecule has 0 aliphatic carbocycles. The molecule has 0 spiro atoms. The first-order valence-corrected chi connectivity index (χ1v) is 7.74. The van der Waals surface area contributed by atoms with Crippen molar-refractivity contribution in [1.82, 2.24) is 14.5 Å². The van der Waals surface area contributed by atoms with Crippen molar-refractivity contribution in [2.45, 2.75) is 11.8 Å².